The number of aromatic carboxylic acids is 1. The zero-order valence-corrected chi connectivity index (χ0v) is 13.8. The van der Waals surface area contributed by atoms with Gasteiger partial charge >= 0.3 is 5.97 Å². The quantitative estimate of drug-likeness (QED) is 0.683. The zero-order chi connectivity index (χ0) is 19.4. The lowest BCUT2D eigenvalue weighted by Crippen LogP contribution is -2.14. The first kappa shape index (κ1) is 18.1. The number of hydrogen-bond acceptors (Lipinski definition) is 3. The van der Waals surface area contributed by atoms with E-state index in [0.29, 0.717) is 6.07 Å². The summed E-state index contributed by atoms with van der Waals surface area (Å²) in [6.07, 6.45) is 0. The molecular formula is C20H13F2NO4. The summed E-state index contributed by atoms with van der Waals surface area (Å²) in [5.74, 6) is -3.12. The standard InChI is InChI=1S/C20H13F2NO4/c21-13-7-10-18(16(22)11-13)27-14-8-5-12(6-9-14)19(24)23-17-4-2-1-3-15(17)20(25)26/h1-11H,(H,23,24)(H,25,26). The van der Waals surface area contributed by atoms with Crippen molar-refractivity contribution < 1.29 is 28.2 Å². The largest absolute Gasteiger partial charge is 0.478 e. The second-order valence-corrected chi connectivity index (χ2v) is 5.51. The predicted octanol–water partition coefficient (Wildman–Crippen LogP) is 4.71. The molecule has 3 aromatic carbocycles. The van der Waals surface area contributed by atoms with Crippen molar-refractivity contribution in [1.82, 2.24) is 0 Å². The van der Waals surface area contributed by atoms with Gasteiger partial charge in [-0.15, -0.1) is 0 Å². The molecule has 7 heteroatoms. The second kappa shape index (κ2) is 7.65. The van der Waals surface area contributed by atoms with Crippen LogP contribution in [0.5, 0.6) is 11.5 Å². The molecule has 2 N–H and O–H groups in total. The summed E-state index contributed by atoms with van der Waals surface area (Å²) in [5.41, 5.74) is 0.392. The van der Waals surface area contributed by atoms with Gasteiger partial charge in [0.25, 0.3) is 5.91 Å². The van der Waals surface area contributed by atoms with Crippen molar-refractivity contribution in [3.05, 3.63) is 89.5 Å². The van der Waals surface area contributed by atoms with Crippen LogP contribution in [-0.4, -0.2) is 17.0 Å². The average molecular weight is 369 g/mol. The Morgan fingerprint density at radius 1 is 0.926 bits per heavy atom. The van der Waals surface area contributed by atoms with E-state index in [9.17, 15) is 18.4 Å². The van der Waals surface area contributed by atoms with E-state index in [-0.39, 0.29) is 28.3 Å². The first-order chi connectivity index (χ1) is 12.9. The predicted molar refractivity (Wildman–Crippen MR) is 94.2 cm³/mol. The zero-order valence-electron chi connectivity index (χ0n) is 13.8. The molecule has 0 radical (unpaired) electrons. The molecule has 0 heterocycles. The number of carboxylic acid groups (broad SMARTS) is 1. The fourth-order valence-corrected chi connectivity index (χ4v) is 2.33. The normalized spacial score (nSPS) is 10.3. The smallest absolute Gasteiger partial charge is 0.337 e. The number of hydrogen-bond donors (Lipinski definition) is 2. The highest BCUT2D eigenvalue weighted by molar-refractivity contribution is 6.07. The highest BCUT2D eigenvalue weighted by Gasteiger charge is 2.13. The Morgan fingerprint density at radius 3 is 2.30 bits per heavy atom. The molecule has 0 aliphatic rings. The van der Waals surface area contributed by atoms with E-state index in [1.807, 2.05) is 0 Å². The molecule has 1 amide bonds. The van der Waals surface area contributed by atoms with E-state index in [2.05, 4.69) is 5.32 Å². The third-order valence-corrected chi connectivity index (χ3v) is 3.64. The third kappa shape index (κ3) is 4.27. The first-order valence-electron chi connectivity index (χ1n) is 7.80. The van der Waals surface area contributed by atoms with Crippen LogP contribution in [0.1, 0.15) is 20.7 Å². The molecule has 136 valence electrons. The highest BCUT2D eigenvalue weighted by Crippen LogP contribution is 2.25. The number of carbonyl (C=O) groups is 2. The summed E-state index contributed by atoms with van der Waals surface area (Å²) in [5, 5.41) is 11.7. The van der Waals surface area contributed by atoms with Gasteiger partial charge in [0.1, 0.15) is 11.6 Å². The Labute approximate surface area is 152 Å². The van der Waals surface area contributed by atoms with Crippen LogP contribution >= 0.6 is 0 Å². The van der Waals surface area contributed by atoms with Gasteiger partial charge in [0.05, 0.1) is 11.3 Å². The summed E-state index contributed by atoms with van der Waals surface area (Å²) < 4.78 is 31.8. The third-order valence-electron chi connectivity index (χ3n) is 3.64. The number of amides is 1. The van der Waals surface area contributed by atoms with Gasteiger partial charge in [0.2, 0.25) is 0 Å². The van der Waals surface area contributed by atoms with E-state index >= 15 is 0 Å². The summed E-state index contributed by atoms with van der Waals surface area (Å²) in [4.78, 5) is 23.5. The molecule has 5 nitrogen and oxygen atoms in total. The van der Waals surface area contributed by atoms with E-state index in [0.717, 1.165) is 12.1 Å². The highest BCUT2D eigenvalue weighted by atomic mass is 19.1. The average Bonchev–Trinajstić information content (AvgIpc) is 2.65. The van der Waals surface area contributed by atoms with Crippen molar-refractivity contribution in [1.29, 1.82) is 0 Å². The number of benzene rings is 3. The number of anilines is 1. The second-order valence-electron chi connectivity index (χ2n) is 5.51. The van der Waals surface area contributed by atoms with Crippen LogP contribution < -0.4 is 10.1 Å². The molecule has 3 rings (SSSR count). The summed E-state index contributed by atoms with van der Waals surface area (Å²) in [7, 11) is 0. The van der Waals surface area contributed by atoms with Crippen molar-refractivity contribution in [2.75, 3.05) is 5.32 Å². The molecule has 0 spiro atoms. The minimum absolute atomic E-state index is 0.0300. The monoisotopic (exact) mass is 369 g/mol. The minimum Gasteiger partial charge on any atom is -0.478 e. The van der Waals surface area contributed by atoms with Gasteiger partial charge < -0.3 is 15.2 Å². The van der Waals surface area contributed by atoms with Crippen molar-refractivity contribution in [3.63, 3.8) is 0 Å². The Hall–Kier alpha value is -3.74. The van der Waals surface area contributed by atoms with Crippen LogP contribution in [0.15, 0.2) is 66.7 Å². The van der Waals surface area contributed by atoms with Gasteiger partial charge in [-0.2, -0.15) is 0 Å². The number of para-hydroxylation sites is 1. The number of carbonyl (C=O) groups excluding carboxylic acids is 1. The summed E-state index contributed by atoms with van der Waals surface area (Å²) in [6, 6.07) is 14.7. The summed E-state index contributed by atoms with van der Waals surface area (Å²) in [6.45, 7) is 0. The fourth-order valence-electron chi connectivity index (χ4n) is 2.33. The van der Waals surface area contributed by atoms with E-state index in [1.54, 1.807) is 12.1 Å². The van der Waals surface area contributed by atoms with E-state index < -0.39 is 23.5 Å². The van der Waals surface area contributed by atoms with Crippen LogP contribution in [0.4, 0.5) is 14.5 Å². The van der Waals surface area contributed by atoms with E-state index in [4.69, 9.17) is 9.84 Å². The maximum Gasteiger partial charge on any atom is 0.337 e. The van der Waals surface area contributed by atoms with E-state index in [1.165, 1.54) is 36.4 Å². The van der Waals surface area contributed by atoms with Crippen molar-refractivity contribution in [2.45, 2.75) is 0 Å². The van der Waals surface area contributed by atoms with Gasteiger partial charge in [-0.1, -0.05) is 12.1 Å². The molecule has 0 unspecified atom stereocenters. The Morgan fingerprint density at radius 2 is 1.63 bits per heavy atom. The molecule has 0 saturated heterocycles. The van der Waals surface area contributed by atoms with Crippen molar-refractivity contribution >= 4 is 17.6 Å². The summed E-state index contributed by atoms with van der Waals surface area (Å²) >= 11 is 0. The molecule has 0 bridgehead atoms. The van der Waals surface area contributed by atoms with Crippen LogP contribution in [0, 0.1) is 11.6 Å². The molecule has 3 aromatic rings. The SMILES string of the molecule is O=C(Nc1ccccc1C(=O)O)c1ccc(Oc2ccc(F)cc2F)cc1. The molecule has 0 atom stereocenters. The lowest BCUT2D eigenvalue weighted by atomic mass is 10.1. The Bertz CT molecular complexity index is 1000. The fraction of sp³-hybridized carbons (Fsp3) is 0. The van der Waals surface area contributed by atoms with Crippen molar-refractivity contribution in [3.8, 4) is 11.5 Å². The van der Waals surface area contributed by atoms with Crippen LogP contribution in [0.25, 0.3) is 0 Å². The van der Waals surface area contributed by atoms with Gasteiger partial charge in [0.15, 0.2) is 11.6 Å². The number of carboxylic acids is 1. The molecule has 0 aromatic heterocycles. The number of rotatable bonds is 5. The van der Waals surface area contributed by atoms with Crippen LogP contribution in [0.2, 0.25) is 0 Å². The number of halogens is 2. The number of nitrogens with one attached hydrogen (secondary N) is 1. The lowest BCUT2D eigenvalue weighted by molar-refractivity contribution is 0.0698. The lowest BCUT2D eigenvalue weighted by Gasteiger charge is -2.10. The molecular weight excluding hydrogens is 356 g/mol. The Balaban J connectivity index is 1.73. The van der Waals surface area contributed by atoms with Crippen molar-refractivity contribution in [2.24, 2.45) is 0 Å². The molecule has 0 saturated carbocycles. The van der Waals surface area contributed by atoms with Gasteiger partial charge in [-0.25, -0.2) is 13.6 Å². The minimum atomic E-state index is -1.16. The van der Waals surface area contributed by atoms with Crippen LogP contribution in [0.3, 0.4) is 0 Å². The topological polar surface area (TPSA) is 75.6 Å². The number of ether oxygens (including phenoxy) is 1. The first-order valence-corrected chi connectivity index (χ1v) is 7.80. The van der Waals surface area contributed by atoms with Crippen LogP contribution in [-0.2, 0) is 0 Å². The van der Waals surface area contributed by atoms with Gasteiger partial charge in [-0.05, 0) is 48.5 Å². The van der Waals surface area contributed by atoms with Gasteiger partial charge in [0, 0.05) is 11.6 Å². The Kier molecular flexibility index (Phi) is 5.12. The maximum absolute atomic E-state index is 13.6. The molecule has 0 fully saturated rings. The molecule has 0 aliphatic heterocycles. The molecule has 0 aliphatic carbocycles. The van der Waals surface area contributed by atoms with Gasteiger partial charge in [-0.3, -0.25) is 4.79 Å². The molecule has 27 heavy (non-hydrogen) atoms. The maximum atomic E-state index is 13.6.